The van der Waals surface area contributed by atoms with Gasteiger partial charge < -0.3 is 4.74 Å². The van der Waals surface area contributed by atoms with Gasteiger partial charge in [-0.05, 0) is 30.2 Å². The quantitative estimate of drug-likeness (QED) is 0.460. The second kappa shape index (κ2) is 7.25. The van der Waals surface area contributed by atoms with Gasteiger partial charge in [0.25, 0.3) is 11.8 Å². The van der Waals surface area contributed by atoms with Crippen LogP contribution in [0.15, 0.2) is 48.5 Å². The fraction of sp³-hybridized carbons (Fsp3) is 0.211. The van der Waals surface area contributed by atoms with Crippen molar-refractivity contribution in [2.24, 2.45) is 0 Å². The molecule has 0 aliphatic carbocycles. The van der Waals surface area contributed by atoms with Crippen LogP contribution in [0.1, 0.15) is 32.7 Å². The number of halogens is 1. The number of fused-ring (bicyclic) bond motifs is 1. The lowest BCUT2D eigenvalue weighted by Gasteiger charge is -2.13. The van der Waals surface area contributed by atoms with Crippen molar-refractivity contribution in [1.29, 1.82) is 0 Å². The van der Waals surface area contributed by atoms with Crippen LogP contribution in [-0.2, 0) is 16.0 Å². The molecule has 128 valence electrons. The maximum atomic E-state index is 13.5. The van der Waals surface area contributed by atoms with Gasteiger partial charge in [-0.1, -0.05) is 30.3 Å². The molecule has 2 aromatic carbocycles. The van der Waals surface area contributed by atoms with Crippen LogP contribution in [0.4, 0.5) is 4.39 Å². The summed E-state index contributed by atoms with van der Waals surface area (Å²) < 4.78 is 18.5. The number of nitrogens with zero attached hydrogens (tertiary/aromatic N) is 1. The summed E-state index contributed by atoms with van der Waals surface area (Å²) in [4.78, 5) is 37.2. The van der Waals surface area contributed by atoms with Crippen LogP contribution in [0.2, 0.25) is 0 Å². The summed E-state index contributed by atoms with van der Waals surface area (Å²) in [6.45, 7) is 0.222. The molecule has 1 aliphatic heterocycles. The van der Waals surface area contributed by atoms with Crippen LogP contribution >= 0.6 is 0 Å². The van der Waals surface area contributed by atoms with Gasteiger partial charge in [0.1, 0.15) is 5.82 Å². The smallest absolute Gasteiger partial charge is 0.310 e. The maximum Gasteiger partial charge on any atom is 0.310 e. The third-order valence-electron chi connectivity index (χ3n) is 3.96. The number of ether oxygens (including phenoxy) is 1. The first kappa shape index (κ1) is 16.8. The number of hydrogen-bond acceptors (Lipinski definition) is 4. The highest BCUT2D eigenvalue weighted by atomic mass is 19.1. The third kappa shape index (κ3) is 3.57. The van der Waals surface area contributed by atoms with Gasteiger partial charge in [-0.2, -0.15) is 0 Å². The van der Waals surface area contributed by atoms with Crippen molar-refractivity contribution >= 4 is 17.8 Å². The van der Waals surface area contributed by atoms with Crippen molar-refractivity contribution in [3.63, 3.8) is 0 Å². The van der Waals surface area contributed by atoms with E-state index in [4.69, 9.17) is 4.74 Å². The Labute approximate surface area is 144 Å². The lowest BCUT2D eigenvalue weighted by atomic mass is 10.1. The molecule has 0 radical (unpaired) electrons. The summed E-state index contributed by atoms with van der Waals surface area (Å²) in [5, 5.41) is 0. The Hall–Kier alpha value is -3.02. The molecule has 5 nitrogen and oxygen atoms in total. The Morgan fingerprint density at radius 1 is 0.960 bits per heavy atom. The minimum Gasteiger partial charge on any atom is -0.465 e. The van der Waals surface area contributed by atoms with Crippen LogP contribution in [0.5, 0.6) is 0 Å². The number of amides is 2. The molecular formula is C19H16FNO4. The summed E-state index contributed by atoms with van der Waals surface area (Å²) >= 11 is 0. The van der Waals surface area contributed by atoms with Gasteiger partial charge in [-0.3, -0.25) is 19.3 Å². The monoisotopic (exact) mass is 341 g/mol. The lowest BCUT2D eigenvalue weighted by molar-refractivity contribution is -0.143. The Balaban J connectivity index is 1.46. The van der Waals surface area contributed by atoms with Crippen LogP contribution in [0.25, 0.3) is 0 Å². The molecule has 0 N–H and O–H groups in total. The fourth-order valence-electron chi connectivity index (χ4n) is 2.70. The average Bonchev–Trinajstić information content (AvgIpc) is 2.86. The van der Waals surface area contributed by atoms with Crippen molar-refractivity contribution in [2.45, 2.75) is 12.8 Å². The highest BCUT2D eigenvalue weighted by Crippen LogP contribution is 2.22. The minimum atomic E-state index is -0.549. The zero-order valence-electron chi connectivity index (χ0n) is 13.4. The maximum absolute atomic E-state index is 13.5. The van der Waals surface area contributed by atoms with E-state index in [0.29, 0.717) is 17.5 Å². The first-order valence-corrected chi connectivity index (χ1v) is 7.92. The second-order valence-electron chi connectivity index (χ2n) is 5.65. The number of hydrogen-bond donors (Lipinski definition) is 0. The summed E-state index contributed by atoms with van der Waals surface area (Å²) in [6.07, 6.45) is 0.175. The summed E-state index contributed by atoms with van der Waals surface area (Å²) in [5.74, 6) is -1.67. The van der Waals surface area contributed by atoms with Crippen molar-refractivity contribution < 1.29 is 23.5 Å². The highest BCUT2D eigenvalue weighted by Gasteiger charge is 2.34. The number of rotatable bonds is 6. The van der Waals surface area contributed by atoms with Crippen LogP contribution in [-0.4, -0.2) is 35.8 Å². The van der Waals surface area contributed by atoms with Crippen LogP contribution in [0, 0.1) is 5.82 Å². The molecular weight excluding hydrogens is 325 g/mol. The highest BCUT2D eigenvalue weighted by molar-refractivity contribution is 6.21. The summed E-state index contributed by atoms with van der Waals surface area (Å²) in [5.41, 5.74) is 1.06. The van der Waals surface area contributed by atoms with Gasteiger partial charge in [0.05, 0.1) is 24.2 Å². The molecule has 6 heteroatoms. The molecule has 0 unspecified atom stereocenters. The standard InChI is InChI=1S/C19H16FNO4/c20-16-9-4-1-6-13(16)12-17(22)25-11-5-10-21-18(23)14-7-2-3-8-15(14)19(21)24/h1-4,6-9H,5,10-12H2. The molecule has 1 aliphatic rings. The molecule has 3 rings (SSSR count). The Morgan fingerprint density at radius 2 is 1.56 bits per heavy atom. The van der Waals surface area contributed by atoms with Gasteiger partial charge in [-0.15, -0.1) is 0 Å². The number of carbonyl (C=O) groups excluding carboxylic acids is 3. The minimum absolute atomic E-state index is 0.0562. The molecule has 0 bridgehead atoms. The molecule has 0 aromatic heterocycles. The molecule has 1 heterocycles. The molecule has 2 aromatic rings. The molecule has 25 heavy (non-hydrogen) atoms. The lowest BCUT2D eigenvalue weighted by Crippen LogP contribution is -2.31. The molecule has 0 spiro atoms. The number of esters is 1. The zero-order valence-corrected chi connectivity index (χ0v) is 13.4. The number of carbonyl (C=O) groups is 3. The van der Waals surface area contributed by atoms with E-state index >= 15 is 0 Å². The molecule has 0 saturated heterocycles. The van der Waals surface area contributed by atoms with Gasteiger partial charge in [0.2, 0.25) is 0 Å². The summed E-state index contributed by atoms with van der Waals surface area (Å²) in [6, 6.07) is 12.6. The zero-order chi connectivity index (χ0) is 17.8. The van der Waals surface area contributed by atoms with Crippen LogP contribution in [0.3, 0.4) is 0 Å². The first-order valence-electron chi connectivity index (χ1n) is 7.92. The van der Waals surface area contributed by atoms with Crippen molar-refractivity contribution in [3.05, 3.63) is 71.0 Å². The summed E-state index contributed by atoms with van der Waals surface area (Å²) in [7, 11) is 0. The average molecular weight is 341 g/mol. The van der Waals surface area contributed by atoms with Crippen LogP contribution < -0.4 is 0 Å². The molecule has 2 amide bonds. The van der Waals surface area contributed by atoms with E-state index < -0.39 is 11.8 Å². The normalized spacial score (nSPS) is 13.1. The Kier molecular flexibility index (Phi) is 4.88. The van der Waals surface area contributed by atoms with E-state index in [2.05, 4.69) is 0 Å². The second-order valence-corrected chi connectivity index (χ2v) is 5.65. The third-order valence-corrected chi connectivity index (χ3v) is 3.96. The van der Waals surface area contributed by atoms with Gasteiger partial charge in [0, 0.05) is 6.54 Å². The fourth-order valence-corrected chi connectivity index (χ4v) is 2.70. The molecule has 0 saturated carbocycles. The van der Waals surface area contributed by atoms with E-state index in [1.165, 1.54) is 12.1 Å². The van der Waals surface area contributed by atoms with E-state index in [1.54, 1.807) is 36.4 Å². The Morgan fingerprint density at radius 3 is 2.20 bits per heavy atom. The number of benzene rings is 2. The molecule has 0 fully saturated rings. The van der Waals surface area contributed by atoms with Crippen molar-refractivity contribution in [3.8, 4) is 0 Å². The van der Waals surface area contributed by atoms with E-state index in [1.807, 2.05) is 0 Å². The van der Waals surface area contributed by atoms with Gasteiger partial charge >= 0.3 is 5.97 Å². The van der Waals surface area contributed by atoms with Gasteiger partial charge in [-0.25, -0.2) is 4.39 Å². The topological polar surface area (TPSA) is 63.7 Å². The predicted octanol–water partition coefficient (Wildman–Crippen LogP) is 2.60. The Bertz CT molecular complexity index is 799. The van der Waals surface area contributed by atoms with E-state index in [0.717, 1.165) is 4.90 Å². The van der Waals surface area contributed by atoms with E-state index in [9.17, 15) is 18.8 Å². The van der Waals surface area contributed by atoms with E-state index in [-0.39, 0.29) is 37.0 Å². The molecule has 0 atom stereocenters. The number of imide groups is 1. The predicted molar refractivity (Wildman–Crippen MR) is 87.5 cm³/mol. The largest absolute Gasteiger partial charge is 0.465 e. The van der Waals surface area contributed by atoms with Gasteiger partial charge in [0.15, 0.2) is 0 Å². The SMILES string of the molecule is O=C(Cc1ccccc1F)OCCCN1C(=O)c2ccccc2C1=O. The van der Waals surface area contributed by atoms with Crippen molar-refractivity contribution in [1.82, 2.24) is 4.90 Å². The first-order chi connectivity index (χ1) is 12.1. The van der Waals surface area contributed by atoms with Crippen molar-refractivity contribution in [2.75, 3.05) is 13.2 Å².